The molecule has 90 valence electrons. The Labute approximate surface area is 111 Å². The van der Waals surface area contributed by atoms with Crippen molar-refractivity contribution in [2.45, 2.75) is 12.8 Å². The average molecular weight is 307 g/mol. The van der Waals surface area contributed by atoms with Gasteiger partial charge in [0.15, 0.2) is 0 Å². The van der Waals surface area contributed by atoms with Gasteiger partial charge in [-0.05, 0) is 37.6 Å². The number of benzene rings is 1. The first-order valence-corrected chi connectivity index (χ1v) is 6.23. The Morgan fingerprint density at radius 1 is 1.44 bits per heavy atom. The van der Waals surface area contributed by atoms with E-state index < -0.39 is 0 Å². The van der Waals surface area contributed by atoms with Crippen molar-refractivity contribution in [2.75, 3.05) is 19.7 Å². The lowest BCUT2D eigenvalue weighted by Crippen LogP contribution is -2.33. The highest BCUT2D eigenvalue weighted by Gasteiger charge is 2.13. The molecule has 1 aliphatic heterocycles. The summed E-state index contributed by atoms with van der Waals surface area (Å²) in [6.45, 7) is 3.07. The fourth-order valence-electron chi connectivity index (χ4n) is 1.84. The Balaban J connectivity index is 0.00000128. The molecule has 1 fully saturated rings. The predicted molar refractivity (Wildman–Crippen MR) is 72.5 cm³/mol. The highest BCUT2D eigenvalue weighted by Crippen LogP contribution is 2.19. The predicted octanol–water partition coefficient (Wildman–Crippen LogP) is 3.25. The van der Waals surface area contributed by atoms with Gasteiger partial charge in [0.25, 0.3) is 0 Å². The second-order valence-corrected chi connectivity index (χ2v) is 4.90. The van der Waals surface area contributed by atoms with Gasteiger partial charge in [0.1, 0.15) is 5.75 Å². The Hall–Kier alpha value is -0.250. The van der Waals surface area contributed by atoms with E-state index in [0.717, 1.165) is 29.9 Å². The molecule has 1 aromatic carbocycles. The third-order valence-electron chi connectivity index (χ3n) is 2.68. The SMILES string of the molecule is Brc1cccc(OC[C@@H]2CCCNC2)c1.Cl. The van der Waals surface area contributed by atoms with Crippen molar-refractivity contribution in [1.29, 1.82) is 0 Å². The van der Waals surface area contributed by atoms with Crippen LogP contribution in [0.1, 0.15) is 12.8 Å². The number of piperidine rings is 1. The molecule has 0 unspecified atom stereocenters. The summed E-state index contributed by atoms with van der Waals surface area (Å²) in [5, 5.41) is 3.39. The van der Waals surface area contributed by atoms with Crippen molar-refractivity contribution in [2.24, 2.45) is 5.92 Å². The van der Waals surface area contributed by atoms with Crippen LogP contribution in [0.2, 0.25) is 0 Å². The van der Waals surface area contributed by atoms with Crippen LogP contribution in [0, 0.1) is 5.92 Å². The van der Waals surface area contributed by atoms with Crippen molar-refractivity contribution in [3.05, 3.63) is 28.7 Å². The highest BCUT2D eigenvalue weighted by molar-refractivity contribution is 9.10. The van der Waals surface area contributed by atoms with E-state index >= 15 is 0 Å². The fourth-order valence-corrected chi connectivity index (χ4v) is 2.22. The lowest BCUT2D eigenvalue weighted by molar-refractivity contribution is 0.218. The first kappa shape index (κ1) is 13.8. The Kier molecular flexibility index (Phi) is 6.17. The van der Waals surface area contributed by atoms with Crippen LogP contribution in [0.3, 0.4) is 0 Å². The van der Waals surface area contributed by atoms with Gasteiger partial charge in [0.05, 0.1) is 6.61 Å². The highest BCUT2D eigenvalue weighted by atomic mass is 79.9. The number of hydrogen-bond acceptors (Lipinski definition) is 2. The Bertz CT molecular complexity index is 316. The molecule has 1 saturated heterocycles. The smallest absolute Gasteiger partial charge is 0.120 e. The Morgan fingerprint density at radius 2 is 2.31 bits per heavy atom. The van der Waals surface area contributed by atoms with Gasteiger partial charge in [-0.1, -0.05) is 22.0 Å². The average Bonchev–Trinajstić information content (AvgIpc) is 2.28. The first-order chi connectivity index (χ1) is 7.34. The van der Waals surface area contributed by atoms with Crippen molar-refractivity contribution >= 4 is 28.3 Å². The van der Waals surface area contributed by atoms with E-state index in [-0.39, 0.29) is 12.4 Å². The largest absolute Gasteiger partial charge is 0.493 e. The molecule has 0 spiro atoms. The van der Waals surface area contributed by atoms with Crippen LogP contribution in [-0.4, -0.2) is 19.7 Å². The van der Waals surface area contributed by atoms with Gasteiger partial charge in [0.2, 0.25) is 0 Å². The minimum atomic E-state index is 0. The summed E-state index contributed by atoms with van der Waals surface area (Å²) in [6.07, 6.45) is 2.55. The van der Waals surface area contributed by atoms with Gasteiger partial charge in [-0.2, -0.15) is 0 Å². The summed E-state index contributed by atoms with van der Waals surface area (Å²) < 4.78 is 6.83. The van der Waals surface area contributed by atoms with Crippen LogP contribution in [0.4, 0.5) is 0 Å². The summed E-state index contributed by atoms with van der Waals surface area (Å²) in [4.78, 5) is 0. The number of ether oxygens (including phenoxy) is 1. The van der Waals surface area contributed by atoms with E-state index in [0.29, 0.717) is 5.92 Å². The zero-order chi connectivity index (χ0) is 10.5. The summed E-state index contributed by atoms with van der Waals surface area (Å²) in [5.74, 6) is 1.62. The normalized spacial score (nSPS) is 19.9. The molecule has 0 radical (unpaired) electrons. The molecule has 16 heavy (non-hydrogen) atoms. The van der Waals surface area contributed by atoms with Crippen molar-refractivity contribution < 1.29 is 4.74 Å². The molecule has 0 aromatic heterocycles. The number of nitrogens with one attached hydrogen (secondary N) is 1. The molecule has 1 N–H and O–H groups in total. The van der Waals surface area contributed by atoms with Gasteiger partial charge < -0.3 is 10.1 Å². The van der Waals surface area contributed by atoms with Crippen LogP contribution in [0.25, 0.3) is 0 Å². The molecule has 4 heteroatoms. The van der Waals surface area contributed by atoms with E-state index in [2.05, 4.69) is 21.2 Å². The number of halogens is 2. The molecular formula is C12H17BrClNO. The zero-order valence-electron chi connectivity index (χ0n) is 9.12. The van der Waals surface area contributed by atoms with Crippen LogP contribution in [0.15, 0.2) is 28.7 Å². The van der Waals surface area contributed by atoms with Crippen LogP contribution in [0.5, 0.6) is 5.75 Å². The summed E-state index contributed by atoms with van der Waals surface area (Å²) in [7, 11) is 0. The molecule has 0 saturated carbocycles. The number of hydrogen-bond donors (Lipinski definition) is 1. The summed E-state index contributed by atoms with van der Waals surface area (Å²) in [6, 6.07) is 8.02. The monoisotopic (exact) mass is 305 g/mol. The van der Waals surface area contributed by atoms with E-state index in [1.165, 1.54) is 12.8 Å². The molecular weight excluding hydrogens is 289 g/mol. The lowest BCUT2D eigenvalue weighted by atomic mass is 10.0. The lowest BCUT2D eigenvalue weighted by Gasteiger charge is -2.22. The van der Waals surface area contributed by atoms with E-state index in [9.17, 15) is 0 Å². The maximum atomic E-state index is 5.76. The van der Waals surface area contributed by atoms with Gasteiger partial charge >= 0.3 is 0 Å². The minimum Gasteiger partial charge on any atom is -0.493 e. The fraction of sp³-hybridized carbons (Fsp3) is 0.500. The maximum Gasteiger partial charge on any atom is 0.120 e. The van der Waals surface area contributed by atoms with Crippen molar-refractivity contribution in [3.63, 3.8) is 0 Å². The van der Waals surface area contributed by atoms with E-state index in [1.54, 1.807) is 0 Å². The summed E-state index contributed by atoms with van der Waals surface area (Å²) in [5.41, 5.74) is 0. The second kappa shape index (κ2) is 7.15. The van der Waals surface area contributed by atoms with Gasteiger partial charge in [0, 0.05) is 16.9 Å². The van der Waals surface area contributed by atoms with E-state index in [1.807, 2.05) is 24.3 Å². The third-order valence-corrected chi connectivity index (χ3v) is 3.17. The number of rotatable bonds is 3. The Morgan fingerprint density at radius 3 is 3.00 bits per heavy atom. The molecule has 1 heterocycles. The molecule has 2 rings (SSSR count). The van der Waals surface area contributed by atoms with Crippen LogP contribution >= 0.6 is 28.3 Å². The first-order valence-electron chi connectivity index (χ1n) is 5.44. The molecule has 1 aliphatic rings. The third kappa shape index (κ3) is 4.32. The van der Waals surface area contributed by atoms with Crippen molar-refractivity contribution in [3.8, 4) is 5.75 Å². The molecule has 0 amide bonds. The minimum absolute atomic E-state index is 0. The quantitative estimate of drug-likeness (QED) is 0.925. The van der Waals surface area contributed by atoms with E-state index in [4.69, 9.17) is 4.74 Å². The zero-order valence-corrected chi connectivity index (χ0v) is 11.5. The maximum absolute atomic E-state index is 5.76. The van der Waals surface area contributed by atoms with Crippen molar-refractivity contribution in [1.82, 2.24) is 5.32 Å². The van der Waals surface area contributed by atoms with Gasteiger partial charge in [-0.15, -0.1) is 12.4 Å². The standard InChI is InChI=1S/C12H16BrNO.ClH/c13-11-4-1-5-12(7-11)15-9-10-3-2-6-14-8-10;/h1,4-5,7,10,14H,2-3,6,8-9H2;1H/t10-;/m1./s1. The molecule has 0 bridgehead atoms. The topological polar surface area (TPSA) is 21.3 Å². The molecule has 0 aliphatic carbocycles. The second-order valence-electron chi connectivity index (χ2n) is 3.98. The van der Waals surface area contributed by atoms with Gasteiger partial charge in [-0.3, -0.25) is 0 Å². The molecule has 2 nitrogen and oxygen atoms in total. The van der Waals surface area contributed by atoms with Gasteiger partial charge in [-0.25, -0.2) is 0 Å². The van der Waals surface area contributed by atoms with Crippen LogP contribution < -0.4 is 10.1 Å². The summed E-state index contributed by atoms with van der Waals surface area (Å²) >= 11 is 3.44. The van der Waals surface area contributed by atoms with Crippen LogP contribution in [-0.2, 0) is 0 Å². The molecule has 1 aromatic rings. The molecule has 1 atom stereocenters.